The average Bonchev–Trinajstić information content (AvgIpc) is 1.64. The minimum atomic E-state index is -1.19. The summed E-state index contributed by atoms with van der Waals surface area (Å²) in [4.78, 5) is 9.85. The summed E-state index contributed by atoms with van der Waals surface area (Å²) >= 11 is 1.53. The monoisotopic (exact) mass is 231 g/mol. The van der Waals surface area contributed by atoms with Gasteiger partial charge in [-0.2, -0.15) is 0 Å². The molecule has 0 aromatic carbocycles. The maximum absolute atomic E-state index is 9.85. The molecule has 0 saturated heterocycles. The summed E-state index contributed by atoms with van der Waals surface area (Å²) in [7, 11) is 0. The van der Waals surface area contributed by atoms with Gasteiger partial charge < -0.3 is 15.9 Å². The fourth-order valence-electron chi connectivity index (χ4n) is 0.118. The molecule has 0 fully saturated rings. The van der Waals surface area contributed by atoms with Crippen LogP contribution in [0.15, 0.2) is 0 Å². The molecule has 0 rings (SSSR count). The summed E-state index contributed by atoms with van der Waals surface area (Å²) in [5, 5.41) is 16.5. The van der Waals surface area contributed by atoms with Crippen LogP contribution in [0.4, 0.5) is 0 Å². The molecule has 5 heteroatoms. The lowest BCUT2D eigenvalue weighted by atomic mass is 10.3. The van der Waals surface area contributed by atoms with Crippen molar-refractivity contribution in [1.29, 1.82) is 0 Å². The molecule has 0 heterocycles. The number of hydrogen-bond acceptors (Lipinski definition) is 3. The molecule has 0 aliphatic carbocycles. The molecule has 0 spiro atoms. The molecule has 0 aromatic rings. The molecule has 0 radical (unpaired) electrons. The van der Waals surface area contributed by atoms with E-state index in [1.165, 1.54) is 22.6 Å². The number of aliphatic carboxylic acids is 1. The zero-order valence-corrected chi connectivity index (χ0v) is 6.07. The Morgan fingerprint density at radius 1 is 1.75 bits per heavy atom. The molecule has 0 aromatic heterocycles. The minimum Gasteiger partial charge on any atom is -0.480 e. The molecule has 0 aliphatic heterocycles. The lowest BCUT2D eigenvalue weighted by molar-refractivity contribution is -0.139. The topological polar surface area (TPSA) is 83.6 Å². The molecule has 4 N–H and O–H groups in total. The van der Waals surface area contributed by atoms with Crippen LogP contribution in [-0.2, 0) is 4.79 Å². The van der Waals surface area contributed by atoms with Gasteiger partial charge in [0.25, 0.3) is 0 Å². The van der Waals surface area contributed by atoms with E-state index in [-0.39, 0.29) is 0 Å². The van der Waals surface area contributed by atoms with Crippen molar-refractivity contribution in [3.63, 3.8) is 0 Å². The highest BCUT2D eigenvalue weighted by Gasteiger charge is 2.17. The maximum Gasteiger partial charge on any atom is 0.324 e. The van der Waals surface area contributed by atoms with E-state index in [1.54, 1.807) is 0 Å². The highest BCUT2D eigenvalue weighted by atomic mass is 127. The van der Waals surface area contributed by atoms with E-state index in [2.05, 4.69) is 0 Å². The molecule has 2 unspecified atom stereocenters. The molecule has 0 aliphatic rings. The van der Waals surface area contributed by atoms with Gasteiger partial charge in [-0.1, -0.05) is 0 Å². The van der Waals surface area contributed by atoms with Gasteiger partial charge in [-0.25, -0.2) is 0 Å². The second-order valence-corrected chi connectivity index (χ2v) is 2.51. The fourth-order valence-corrected chi connectivity index (χ4v) is 0.425. The van der Waals surface area contributed by atoms with E-state index in [9.17, 15) is 4.79 Å². The van der Waals surface area contributed by atoms with Gasteiger partial charge in [0.1, 0.15) is 10.2 Å². The number of hydrogen-bond donors (Lipinski definition) is 3. The normalized spacial score (nSPS) is 17.4. The molecule has 0 bridgehead atoms. The van der Waals surface area contributed by atoms with Crippen molar-refractivity contribution in [2.24, 2.45) is 5.73 Å². The van der Waals surface area contributed by atoms with Gasteiger partial charge in [0, 0.05) is 0 Å². The Labute approximate surface area is 59.8 Å². The Hall–Kier alpha value is 0.120. The molecule has 0 saturated carbocycles. The summed E-state index contributed by atoms with van der Waals surface area (Å²) in [5.41, 5.74) is 4.90. The summed E-state index contributed by atoms with van der Waals surface area (Å²) in [6, 6.07) is -1.17. The van der Waals surface area contributed by atoms with E-state index in [4.69, 9.17) is 15.9 Å². The Kier molecular flexibility index (Phi) is 3.25. The van der Waals surface area contributed by atoms with Gasteiger partial charge in [-0.05, 0) is 22.6 Å². The standard InChI is InChI=1S/C3H6INO3/c4-2(6)1(5)3(7)8/h1-2,6H,5H2,(H,7,8). The molecular formula is C3H6INO3. The molecule has 2 atom stereocenters. The van der Waals surface area contributed by atoms with Crippen LogP contribution < -0.4 is 5.73 Å². The highest BCUT2D eigenvalue weighted by Crippen LogP contribution is 1.98. The highest BCUT2D eigenvalue weighted by molar-refractivity contribution is 14.1. The SMILES string of the molecule is NC(C(=O)O)C(O)I. The number of nitrogens with two attached hydrogens (primary N) is 1. The number of aliphatic hydroxyl groups excluding tert-OH is 1. The quantitative estimate of drug-likeness (QED) is 0.427. The third kappa shape index (κ3) is 2.43. The van der Waals surface area contributed by atoms with Crippen molar-refractivity contribution < 1.29 is 15.0 Å². The number of carboxylic acids is 1. The first-order valence-corrected chi connectivity index (χ1v) is 3.11. The van der Waals surface area contributed by atoms with Gasteiger partial charge >= 0.3 is 5.97 Å². The third-order valence-corrected chi connectivity index (χ3v) is 1.36. The first-order valence-electron chi connectivity index (χ1n) is 1.86. The van der Waals surface area contributed by atoms with Crippen LogP contribution in [0.2, 0.25) is 0 Å². The van der Waals surface area contributed by atoms with Crippen LogP contribution >= 0.6 is 22.6 Å². The van der Waals surface area contributed by atoms with Crippen LogP contribution in [0.5, 0.6) is 0 Å². The van der Waals surface area contributed by atoms with E-state index < -0.39 is 16.1 Å². The molecule has 48 valence electrons. The first kappa shape index (κ1) is 8.12. The van der Waals surface area contributed by atoms with Gasteiger partial charge in [0.15, 0.2) is 0 Å². The largest absolute Gasteiger partial charge is 0.480 e. The predicted octanol–water partition coefficient (Wildman–Crippen LogP) is -0.848. The number of carboxylic acid groups (broad SMARTS) is 1. The Morgan fingerprint density at radius 2 is 2.12 bits per heavy atom. The van der Waals surface area contributed by atoms with Crippen molar-refractivity contribution in [2.45, 2.75) is 10.2 Å². The number of carbonyl (C=O) groups is 1. The predicted molar refractivity (Wildman–Crippen MR) is 35.6 cm³/mol. The Bertz CT molecular complexity index is 94.5. The molecule has 0 amide bonds. The smallest absolute Gasteiger partial charge is 0.324 e. The van der Waals surface area contributed by atoms with Crippen LogP contribution in [0.1, 0.15) is 0 Å². The van der Waals surface area contributed by atoms with Crippen LogP contribution in [-0.4, -0.2) is 26.3 Å². The van der Waals surface area contributed by atoms with Gasteiger partial charge in [0.05, 0.1) is 0 Å². The van der Waals surface area contributed by atoms with Crippen LogP contribution in [0.3, 0.4) is 0 Å². The maximum atomic E-state index is 9.85. The Morgan fingerprint density at radius 3 is 2.12 bits per heavy atom. The number of rotatable bonds is 2. The van der Waals surface area contributed by atoms with Crippen molar-refractivity contribution >= 4 is 28.6 Å². The average molecular weight is 231 g/mol. The van der Waals surface area contributed by atoms with Gasteiger partial charge in [0.2, 0.25) is 0 Å². The minimum absolute atomic E-state index is 1.01. The molecule has 8 heavy (non-hydrogen) atoms. The zero-order chi connectivity index (χ0) is 6.73. The fraction of sp³-hybridized carbons (Fsp3) is 0.667. The van der Waals surface area contributed by atoms with Gasteiger partial charge in [-0.15, -0.1) is 0 Å². The number of halogens is 1. The van der Waals surface area contributed by atoms with Crippen molar-refractivity contribution in [1.82, 2.24) is 0 Å². The lowest BCUT2D eigenvalue weighted by Gasteiger charge is -2.05. The van der Waals surface area contributed by atoms with Crippen LogP contribution in [0.25, 0.3) is 0 Å². The summed E-state index contributed by atoms with van der Waals surface area (Å²) in [5.74, 6) is -1.19. The summed E-state index contributed by atoms with van der Waals surface area (Å²) < 4.78 is -1.01. The van der Waals surface area contributed by atoms with E-state index in [0.717, 1.165) is 0 Å². The third-order valence-electron chi connectivity index (χ3n) is 0.581. The summed E-state index contributed by atoms with van der Waals surface area (Å²) in [6.45, 7) is 0. The second kappa shape index (κ2) is 3.21. The Balaban J connectivity index is 3.64. The lowest BCUT2D eigenvalue weighted by Crippen LogP contribution is -2.38. The van der Waals surface area contributed by atoms with E-state index in [1.807, 2.05) is 0 Å². The number of alkyl halides is 1. The van der Waals surface area contributed by atoms with Crippen molar-refractivity contribution in [3.05, 3.63) is 0 Å². The first-order chi connectivity index (χ1) is 3.55. The second-order valence-electron chi connectivity index (χ2n) is 1.24. The van der Waals surface area contributed by atoms with Crippen LogP contribution in [0, 0.1) is 0 Å². The molecular weight excluding hydrogens is 225 g/mol. The summed E-state index contributed by atoms with van der Waals surface area (Å²) in [6.07, 6.45) is 0. The van der Waals surface area contributed by atoms with E-state index >= 15 is 0 Å². The van der Waals surface area contributed by atoms with Crippen molar-refractivity contribution in [3.8, 4) is 0 Å². The number of aliphatic hydroxyl groups is 1. The van der Waals surface area contributed by atoms with Gasteiger partial charge in [-0.3, -0.25) is 4.79 Å². The van der Waals surface area contributed by atoms with E-state index in [0.29, 0.717) is 0 Å². The zero-order valence-electron chi connectivity index (χ0n) is 3.91. The van der Waals surface area contributed by atoms with Crippen molar-refractivity contribution in [2.75, 3.05) is 0 Å². The molecule has 4 nitrogen and oxygen atoms in total.